The van der Waals surface area contributed by atoms with E-state index in [-0.39, 0.29) is 0 Å². The maximum absolute atomic E-state index is 5.62. The number of rotatable bonds is 4. The van der Waals surface area contributed by atoms with Gasteiger partial charge >= 0.3 is 0 Å². The molecule has 1 aromatic heterocycles. The third-order valence-corrected chi connectivity index (χ3v) is 3.01. The second-order valence-corrected chi connectivity index (χ2v) is 4.31. The molecule has 0 saturated carbocycles. The lowest BCUT2D eigenvalue weighted by molar-refractivity contribution is 0.183. The van der Waals surface area contributed by atoms with Gasteiger partial charge in [-0.3, -0.25) is 4.68 Å². The summed E-state index contributed by atoms with van der Waals surface area (Å²) < 4.78 is 7.34. The summed E-state index contributed by atoms with van der Waals surface area (Å²) in [5.74, 6) is 1.38. The lowest BCUT2D eigenvalue weighted by Gasteiger charge is -2.07. The van der Waals surface area contributed by atoms with Crippen molar-refractivity contribution >= 4 is 5.82 Å². The number of hydrogen-bond donors (Lipinski definition) is 1. The van der Waals surface area contributed by atoms with Crippen LogP contribution < -0.4 is 5.73 Å². The van der Waals surface area contributed by atoms with Gasteiger partial charge in [0.1, 0.15) is 5.82 Å². The number of ether oxygens (including phenoxy) is 1. The fraction of sp³-hybridized carbons (Fsp3) is 0.727. The molecular formula is C11H19N3O. The zero-order valence-corrected chi connectivity index (χ0v) is 9.28. The molecule has 4 nitrogen and oxygen atoms in total. The average molecular weight is 209 g/mol. The second kappa shape index (κ2) is 4.66. The summed E-state index contributed by atoms with van der Waals surface area (Å²) in [7, 11) is 0. The highest BCUT2D eigenvalue weighted by Crippen LogP contribution is 2.18. The van der Waals surface area contributed by atoms with Crippen molar-refractivity contribution in [3.05, 3.63) is 11.8 Å². The Labute approximate surface area is 90.4 Å². The highest BCUT2D eigenvalue weighted by atomic mass is 16.5. The van der Waals surface area contributed by atoms with Gasteiger partial charge in [-0.05, 0) is 32.1 Å². The maximum atomic E-state index is 5.62. The molecule has 1 fully saturated rings. The highest BCUT2D eigenvalue weighted by molar-refractivity contribution is 5.28. The fourth-order valence-electron chi connectivity index (χ4n) is 2.10. The summed E-state index contributed by atoms with van der Waals surface area (Å²) >= 11 is 0. The molecule has 2 heterocycles. The van der Waals surface area contributed by atoms with Gasteiger partial charge in [-0.15, -0.1) is 0 Å². The van der Waals surface area contributed by atoms with Crippen LogP contribution in [0.3, 0.4) is 0 Å². The van der Waals surface area contributed by atoms with E-state index in [0.717, 1.165) is 37.8 Å². The summed E-state index contributed by atoms with van der Waals surface area (Å²) in [6.45, 7) is 4.90. The zero-order valence-electron chi connectivity index (χ0n) is 9.28. The summed E-state index contributed by atoms with van der Waals surface area (Å²) in [5.41, 5.74) is 6.77. The Morgan fingerprint density at radius 3 is 3.13 bits per heavy atom. The Morgan fingerprint density at radius 2 is 2.53 bits per heavy atom. The number of anilines is 1. The number of nitrogens with zero attached hydrogens (tertiary/aromatic N) is 2. The van der Waals surface area contributed by atoms with Crippen LogP contribution in [0.2, 0.25) is 0 Å². The molecule has 84 valence electrons. The Balaban J connectivity index is 1.75. The minimum absolute atomic E-state index is 0.622. The minimum Gasteiger partial charge on any atom is -0.382 e. The molecule has 1 aromatic rings. The minimum atomic E-state index is 0.622. The molecule has 0 radical (unpaired) electrons. The van der Waals surface area contributed by atoms with Gasteiger partial charge in [-0.25, -0.2) is 0 Å². The van der Waals surface area contributed by atoms with Crippen LogP contribution in [0, 0.1) is 12.8 Å². The summed E-state index contributed by atoms with van der Waals surface area (Å²) in [4.78, 5) is 0. The van der Waals surface area contributed by atoms with E-state index in [0.29, 0.717) is 5.82 Å². The number of nitrogens with two attached hydrogens (primary N) is 1. The van der Waals surface area contributed by atoms with E-state index in [1.165, 1.54) is 12.8 Å². The van der Waals surface area contributed by atoms with Crippen molar-refractivity contribution in [2.24, 2.45) is 5.92 Å². The van der Waals surface area contributed by atoms with Crippen LogP contribution in [0.15, 0.2) is 6.07 Å². The van der Waals surface area contributed by atoms with Crippen molar-refractivity contribution in [2.45, 2.75) is 32.7 Å². The molecular weight excluding hydrogens is 190 g/mol. The molecule has 15 heavy (non-hydrogen) atoms. The summed E-state index contributed by atoms with van der Waals surface area (Å²) in [6, 6.07) is 1.92. The molecule has 1 unspecified atom stereocenters. The molecule has 1 saturated heterocycles. The van der Waals surface area contributed by atoms with E-state index in [1.807, 2.05) is 17.7 Å². The van der Waals surface area contributed by atoms with Gasteiger partial charge in [0.25, 0.3) is 0 Å². The quantitative estimate of drug-likeness (QED) is 0.819. The number of aromatic nitrogens is 2. The van der Waals surface area contributed by atoms with E-state index >= 15 is 0 Å². The van der Waals surface area contributed by atoms with Crippen LogP contribution in [0.1, 0.15) is 25.0 Å². The Morgan fingerprint density at radius 1 is 1.67 bits per heavy atom. The molecule has 0 aliphatic carbocycles. The van der Waals surface area contributed by atoms with Crippen LogP contribution in [-0.2, 0) is 11.3 Å². The van der Waals surface area contributed by atoms with Crippen molar-refractivity contribution in [2.75, 3.05) is 18.9 Å². The van der Waals surface area contributed by atoms with Crippen LogP contribution >= 0.6 is 0 Å². The first-order valence-corrected chi connectivity index (χ1v) is 5.63. The monoisotopic (exact) mass is 209 g/mol. The van der Waals surface area contributed by atoms with Crippen LogP contribution in [0.4, 0.5) is 5.82 Å². The van der Waals surface area contributed by atoms with Crippen molar-refractivity contribution in [1.29, 1.82) is 0 Å². The van der Waals surface area contributed by atoms with Gasteiger partial charge in [0, 0.05) is 31.5 Å². The molecule has 0 bridgehead atoms. The molecule has 2 N–H and O–H groups in total. The van der Waals surface area contributed by atoms with Crippen molar-refractivity contribution < 1.29 is 4.74 Å². The highest BCUT2D eigenvalue weighted by Gasteiger charge is 2.14. The molecule has 1 aliphatic heterocycles. The molecule has 4 heteroatoms. The van der Waals surface area contributed by atoms with Gasteiger partial charge in [-0.2, -0.15) is 5.10 Å². The predicted octanol–water partition coefficient (Wildman–Crippen LogP) is 1.59. The first kappa shape index (κ1) is 10.5. The van der Waals surface area contributed by atoms with E-state index in [1.54, 1.807) is 0 Å². The third-order valence-electron chi connectivity index (χ3n) is 3.01. The summed E-state index contributed by atoms with van der Waals surface area (Å²) in [5, 5.41) is 4.24. The summed E-state index contributed by atoms with van der Waals surface area (Å²) in [6.07, 6.45) is 3.62. The molecule has 1 aliphatic rings. The third kappa shape index (κ3) is 2.72. The normalized spacial score (nSPS) is 21.0. The van der Waals surface area contributed by atoms with E-state index in [2.05, 4.69) is 5.10 Å². The van der Waals surface area contributed by atoms with Crippen LogP contribution in [0.25, 0.3) is 0 Å². The topological polar surface area (TPSA) is 53.1 Å². The largest absolute Gasteiger partial charge is 0.382 e. The van der Waals surface area contributed by atoms with Crippen molar-refractivity contribution in [3.8, 4) is 0 Å². The van der Waals surface area contributed by atoms with Gasteiger partial charge in [0.05, 0.1) is 0 Å². The first-order valence-electron chi connectivity index (χ1n) is 5.63. The second-order valence-electron chi connectivity index (χ2n) is 4.31. The smallest absolute Gasteiger partial charge is 0.145 e. The first-order chi connectivity index (χ1) is 7.25. The molecule has 0 amide bonds. The lowest BCUT2D eigenvalue weighted by Crippen LogP contribution is -2.06. The predicted molar refractivity (Wildman–Crippen MR) is 59.5 cm³/mol. The van der Waals surface area contributed by atoms with E-state index in [9.17, 15) is 0 Å². The van der Waals surface area contributed by atoms with Gasteiger partial charge in [-0.1, -0.05) is 0 Å². The van der Waals surface area contributed by atoms with Gasteiger partial charge in [0.2, 0.25) is 0 Å². The fourth-order valence-corrected chi connectivity index (χ4v) is 2.10. The van der Waals surface area contributed by atoms with E-state index < -0.39 is 0 Å². The van der Waals surface area contributed by atoms with Crippen LogP contribution in [0.5, 0.6) is 0 Å². The average Bonchev–Trinajstić information content (AvgIpc) is 2.77. The molecule has 0 aromatic carbocycles. The van der Waals surface area contributed by atoms with Gasteiger partial charge < -0.3 is 10.5 Å². The van der Waals surface area contributed by atoms with Crippen LogP contribution in [-0.4, -0.2) is 23.0 Å². The number of aryl methyl sites for hydroxylation is 2. The van der Waals surface area contributed by atoms with E-state index in [4.69, 9.17) is 10.5 Å². The van der Waals surface area contributed by atoms with Crippen molar-refractivity contribution in [1.82, 2.24) is 9.78 Å². The zero-order chi connectivity index (χ0) is 10.7. The Hall–Kier alpha value is -1.03. The van der Waals surface area contributed by atoms with Crippen molar-refractivity contribution in [3.63, 3.8) is 0 Å². The molecule has 0 spiro atoms. The number of hydrogen-bond acceptors (Lipinski definition) is 3. The van der Waals surface area contributed by atoms with Gasteiger partial charge in [0.15, 0.2) is 0 Å². The maximum Gasteiger partial charge on any atom is 0.145 e. The Bertz CT molecular complexity index is 316. The standard InChI is InChI=1S/C11H19N3O/c1-9-7-11(12)13-14(9)5-2-3-10-4-6-15-8-10/h7,10H,2-6,8H2,1H3,(H2,12,13). The number of nitrogen functional groups attached to an aromatic ring is 1. The SMILES string of the molecule is Cc1cc(N)nn1CCCC1CCOC1. The molecule has 1 atom stereocenters. The molecule has 2 rings (SSSR count). The Kier molecular flexibility index (Phi) is 3.26. The lowest BCUT2D eigenvalue weighted by atomic mass is 10.0.